The van der Waals surface area contributed by atoms with Crippen LogP contribution in [0.2, 0.25) is 0 Å². The second-order valence-corrected chi connectivity index (χ2v) is 12.1. The maximum atomic E-state index is 13.9. The fourth-order valence-corrected chi connectivity index (χ4v) is 6.33. The molecular formula is C33H36F3N3O4S. The molecule has 0 spiro atoms. The molecule has 0 unspecified atom stereocenters. The van der Waals surface area contributed by atoms with Gasteiger partial charge in [0.1, 0.15) is 17.4 Å². The number of carbonyl (C=O) groups is 2. The molecule has 7 nitrogen and oxygen atoms in total. The smallest absolute Gasteiger partial charge is 0.416 e. The zero-order valence-electron chi connectivity index (χ0n) is 24.4. The summed E-state index contributed by atoms with van der Waals surface area (Å²) >= 11 is 1.71. The molecular weight excluding hydrogens is 591 g/mol. The van der Waals surface area contributed by atoms with Crippen LogP contribution in [0.5, 0.6) is 5.75 Å². The van der Waals surface area contributed by atoms with Crippen molar-refractivity contribution < 1.29 is 32.2 Å². The van der Waals surface area contributed by atoms with E-state index in [1.807, 2.05) is 36.4 Å². The van der Waals surface area contributed by atoms with Crippen LogP contribution in [-0.2, 0) is 20.5 Å². The number of nitrogens with zero attached hydrogens (tertiary/aromatic N) is 2. The Labute approximate surface area is 259 Å². The molecule has 2 amide bonds. The van der Waals surface area contributed by atoms with Crippen molar-refractivity contribution in [2.75, 3.05) is 50.9 Å². The third-order valence-corrected chi connectivity index (χ3v) is 9.06. The molecule has 0 aromatic heterocycles. The van der Waals surface area contributed by atoms with Crippen LogP contribution < -0.4 is 15.0 Å². The molecule has 2 aliphatic heterocycles. The molecule has 11 heteroatoms. The summed E-state index contributed by atoms with van der Waals surface area (Å²) in [5.74, 6) is 0.237. The number of hydrogen-bond acceptors (Lipinski definition) is 6. The number of para-hydroxylation sites is 1. The van der Waals surface area contributed by atoms with Crippen LogP contribution in [0.4, 0.5) is 18.9 Å². The van der Waals surface area contributed by atoms with Gasteiger partial charge in [-0.1, -0.05) is 42.1 Å². The molecule has 0 atom stereocenters. The van der Waals surface area contributed by atoms with Gasteiger partial charge in [-0.05, 0) is 67.3 Å². The van der Waals surface area contributed by atoms with E-state index in [-0.39, 0.29) is 31.6 Å². The summed E-state index contributed by atoms with van der Waals surface area (Å²) in [4.78, 5) is 30.5. The number of nitrogens with one attached hydrogen (secondary N) is 1. The molecule has 44 heavy (non-hydrogen) atoms. The second kappa shape index (κ2) is 15.0. The molecule has 1 fully saturated rings. The van der Waals surface area contributed by atoms with E-state index in [0.29, 0.717) is 55.7 Å². The summed E-state index contributed by atoms with van der Waals surface area (Å²) in [6.07, 6.45) is 1.97. The van der Waals surface area contributed by atoms with Gasteiger partial charge in [0, 0.05) is 36.9 Å². The van der Waals surface area contributed by atoms with Crippen molar-refractivity contribution in [1.82, 2.24) is 10.2 Å². The maximum absolute atomic E-state index is 13.9. The van der Waals surface area contributed by atoms with Gasteiger partial charge in [0.2, 0.25) is 5.91 Å². The molecule has 2 aromatic rings. The van der Waals surface area contributed by atoms with Gasteiger partial charge in [0.15, 0.2) is 0 Å². The first kappa shape index (κ1) is 31.9. The van der Waals surface area contributed by atoms with Gasteiger partial charge in [-0.2, -0.15) is 13.2 Å². The normalized spacial score (nSPS) is 17.2. The fourth-order valence-electron chi connectivity index (χ4n) is 5.02. The number of hydrogen-bond donors (Lipinski definition) is 1. The average molecular weight is 628 g/mol. The van der Waals surface area contributed by atoms with Crippen LogP contribution in [0.25, 0.3) is 0 Å². The van der Waals surface area contributed by atoms with Crippen LogP contribution in [0.3, 0.4) is 0 Å². The largest absolute Gasteiger partial charge is 0.491 e. The Morgan fingerprint density at radius 3 is 2.50 bits per heavy atom. The summed E-state index contributed by atoms with van der Waals surface area (Å²) in [7, 11) is 0. The Kier molecular flexibility index (Phi) is 10.9. The van der Waals surface area contributed by atoms with Gasteiger partial charge >= 0.3 is 6.18 Å². The molecule has 1 saturated carbocycles. The molecule has 234 valence electrons. The molecule has 0 bridgehead atoms. The first-order valence-electron chi connectivity index (χ1n) is 14.9. The third-order valence-electron chi connectivity index (χ3n) is 7.74. The highest BCUT2D eigenvalue weighted by atomic mass is 32.2. The Morgan fingerprint density at radius 1 is 1.02 bits per heavy atom. The van der Waals surface area contributed by atoms with Crippen molar-refractivity contribution in [1.29, 1.82) is 0 Å². The number of alkyl halides is 3. The lowest BCUT2D eigenvalue weighted by molar-refractivity contribution is -0.137. The standard InChI is InChI=1S/C33H36F3N3O4S/c34-33(35,36)25-10-12-27(13-11-25)43-22-21-42-20-18-37-17-15-30(40)38-19-16-24-9-14-31(44-28-7-4-8-28)39(32(41)29(24)23-38)26-5-2-1-3-6-26/h1-3,5-6,9-13,28,37H,4,7-8,15-23H2. The monoisotopic (exact) mass is 627 g/mol. The molecule has 1 aliphatic carbocycles. The van der Waals surface area contributed by atoms with Crippen molar-refractivity contribution >= 4 is 29.3 Å². The first-order chi connectivity index (χ1) is 21.3. The summed E-state index contributed by atoms with van der Waals surface area (Å²) in [5.41, 5.74) is 5.09. The number of ether oxygens (including phenoxy) is 2. The van der Waals surface area contributed by atoms with Crippen LogP contribution in [-0.4, -0.2) is 68.0 Å². The number of allylic oxidation sites excluding steroid dienone is 1. The SMILES string of the molecule is O=C(CCNCCOCCOc1ccc(C(F)(F)F)cc1)N1CCC2=C(C1)C(=O)N(c1ccccc1)C(SC1CCC1)=C=C2. The lowest BCUT2D eigenvalue weighted by Gasteiger charge is -2.33. The van der Waals surface area contributed by atoms with Crippen molar-refractivity contribution in [3.63, 3.8) is 0 Å². The fraction of sp³-hybridized carbons (Fsp3) is 0.424. The predicted molar refractivity (Wildman–Crippen MR) is 164 cm³/mol. The first-order valence-corrected chi connectivity index (χ1v) is 15.8. The van der Waals surface area contributed by atoms with Gasteiger partial charge < -0.3 is 19.7 Å². The van der Waals surface area contributed by atoms with Crippen LogP contribution in [0.1, 0.15) is 37.7 Å². The zero-order chi connectivity index (χ0) is 30.9. The number of benzene rings is 2. The third kappa shape index (κ3) is 8.35. The minimum Gasteiger partial charge on any atom is -0.491 e. The Morgan fingerprint density at radius 2 is 1.80 bits per heavy atom. The topological polar surface area (TPSA) is 71.1 Å². The summed E-state index contributed by atoms with van der Waals surface area (Å²) < 4.78 is 48.8. The lowest BCUT2D eigenvalue weighted by Crippen LogP contribution is -2.42. The van der Waals surface area contributed by atoms with Crippen LogP contribution in [0.15, 0.2) is 82.6 Å². The van der Waals surface area contributed by atoms with Gasteiger partial charge in [-0.3, -0.25) is 14.5 Å². The van der Waals surface area contributed by atoms with E-state index in [4.69, 9.17) is 9.47 Å². The van der Waals surface area contributed by atoms with E-state index >= 15 is 0 Å². The molecule has 0 radical (unpaired) electrons. The van der Waals surface area contributed by atoms with E-state index in [1.54, 1.807) is 21.6 Å². The number of thioether (sulfide) groups is 1. The number of anilines is 1. The van der Waals surface area contributed by atoms with Crippen LogP contribution >= 0.6 is 11.8 Å². The number of carbonyl (C=O) groups excluding carboxylic acids is 2. The number of halogens is 3. The summed E-state index contributed by atoms with van der Waals surface area (Å²) in [5, 5.41) is 4.51. The molecule has 2 heterocycles. The quantitative estimate of drug-likeness (QED) is 0.219. The highest BCUT2D eigenvalue weighted by Gasteiger charge is 2.34. The van der Waals surface area contributed by atoms with Crippen molar-refractivity contribution in [2.24, 2.45) is 0 Å². The molecule has 3 aliphatic rings. The van der Waals surface area contributed by atoms with Crippen molar-refractivity contribution in [3.05, 3.63) is 88.1 Å². The average Bonchev–Trinajstić information content (AvgIpc) is 3.13. The predicted octanol–water partition coefficient (Wildman–Crippen LogP) is 5.94. The molecule has 5 rings (SSSR count). The lowest BCUT2D eigenvalue weighted by atomic mass is 9.98. The van der Waals surface area contributed by atoms with E-state index in [1.165, 1.54) is 18.6 Å². The number of amides is 2. The van der Waals surface area contributed by atoms with E-state index in [9.17, 15) is 22.8 Å². The second-order valence-electron chi connectivity index (χ2n) is 10.8. The minimum atomic E-state index is -4.38. The van der Waals surface area contributed by atoms with Gasteiger partial charge in [0.05, 0.1) is 31.0 Å². The van der Waals surface area contributed by atoms with Crippen molar-refractivity contribution in [3.8, 4) is 5.75 Å². The van der Waals surface area contributed by atoms with Crippen LogP contribution in [0, 0.1) is 0 Å². The summed E-state index contributed by atoms with van der Waals surface area (Å²) in [6, 6.07) is 14.2. The molecule has 1 N–H and O–H groups in total. The zero-order valence-corrected chi connectivity index (χ0v) is 25.2. The van der Waals surface area contributed by atoms with Gasteiger partial charge in [-0.25, -0.2) is 0 Å². The summed E-state index contributed by atoms with van der Waals surface area (Å²) in [6.45, 7) is 2.73. The van der Waals surface area contributed by atoms with Crippen molar-refractivity contribution in [2.45, 2.75) is 43.5 Å². The van der Waals surface area contributed by atoms with E-state index in [0.717, 1.165) is 41.3 Å². The van der Waals surface area contributed by atoms with Gasteiger partial charge in [-0.15, -0.1) is 0 Å². The Bertz CT molecular complexity index is 1400. The highest BCUT2D eigenvalue weighted by Crippen LogP contribution is 2.40. The minimum absolute atomic E-state index is 0.0146. The maximum Gasteiger partial charge on any atom is 0.416 e. The van der Waals surface area contributed by atoms with E-state index in [2.05, 4.69) is 11.0 Å². The Hall–Kier alpha value is -3.50. The molecule has 2 aromatic carbocycles. The number of rotatable bonds is 13. The van der Waals surface area contributed by atoms with E-state index < -0.39 is 11.7 Å². The Balaban J connectivity index is 1.04. The highest BCUT2D eigenvalue weighted by molar-refractivity contribution is 8.03. The molecule has 0 saturated heterocycles. The van der Waals surface area contributed by atoms with Gasteiger partial charge in [0.25, 0.3) is 5.91 Å².